The molecule has 1 fully saturated rings. The summed E-state index contributed by atoms with van der Waals surface area (Å²) >= 11 is 0. The molecule has 0 radical (unpaired) electrons. The van der Waals surface area contributed by atoms with E-state index >= 15 is 0 Å². The van der Waals surface area contributed by atoms with Crippen LogP contribution in [0.2, 0.25) is 0 Å². The van der Waals surface area contributed by atoms with Crippen molar-refractivity contribution in [2.24, 2.45) is 11.3 Å². The highest BCUT2D eigenvalue weighted by molar-refractivity contribution is 5.70. The molecule has 3 nitrogen and oxygen atoms in total. The van der Waals surface area contributed by atoms with Crippen LogP contribution in [0.5, 0.6) is 0 Å². The van der Waals surface area contributed by atoms with Gasteiger partial charge in [-0.05, 0) is 43.6 Å². The second kappa shape index (κ2) is 6.05. The minimum absolute atomic E-state index is 0.0652. The lowest BCUT2D eigenvalue weighted by Crippen LogP contribution is -2.54. The van der Waals surface area contributed by atoms with E-state index in [1.807, 2.05) is 0 Å². The molecule has 1 saturated carbocycles. The number of carbonyl (C=O) groups is 1. The molecule has 1 rings (SSSR count). The van der Waals surface area contributed by atoms with Gasteiger partial charge in [0.05, 0.1) is 13.5 Å². The Morgan fingerprint density at radius 3 is 2.56 bits per heavy atom. The summed E-state index contributed by atoms with van der Waals surface area (Å²) in [6.45, 7) is 10.0. The standard InChI is InChI=1S/C15H29NO2/c1-6-7-16-15(10-13(17)18-5)9-12(2)8-14(3,4)11-15/h12,16H,6-11H2,1-5H3. The highest BCUT2D eigenvalue weighted by Gasteiger charge is 2.43. The van der Waals surface area contributed by atoms with Crippen molar-refractivity contribution in [3.63, 3.8) is 0 Å². The van der Waals surface area contributed by atoms with Crippen molar-refractivity contribution < 1.29 is 9.53 Å². The number of rotatable bonds is 5. The van der Waals surface area contributed by atoms with Gasteiger partial charge in [-0.25, -0.2) is 0 Å². The van der Waals surface area contributed by atoms with E-state index in [9.17, 15) is 4.79 Å². The van der Waals surface area contributed by atoms with Gasteiger partial charge in [0.25, 0.3) is 0 Å². The molecule has 0 aromatic heterocycles. The van der Waals surface area contributed by atoms with E-state index in [0.717, 1.165) is 25.8 Å². The average Bonchev–Trinajstić information content (AvgIpc) is 2.23. The fraction of sp³-hybridized carbons (Fsp3) is 0.933. The van der Waals surface area contributed by atoms with Crippen molar-refractivity contribution in [1.82, 2.24) is 5.32 Å². The Morgan fingerprint density at radius 2 is 2.06 bits per heavy atom. The van der Waals surface area contributed by atoms with Gasteiger partial charge in [-0.15, -0.1) is 0 Å². The van der Waals surface area contributed by atoms with Gasteiger partial charge in [0.1, 0.15) is 0 Å². The first kappa shape index (κ1) is 15.5. The van der Waals surface area contributed by atoms with Crippen LogP contribution in [0.4, 0.5) is 0 Å². The maximum Gasteiger partial charge on any atom is 0.307 e. The molecule has 0 spiro atoms. The van der Waals surface area contributed by atoms with Crippen molar-refractivity contribution in [3.8, 4) is 0 Å². The molecule has 0 amide bonds. The molecule has 2 atom stereocenters. The summed E-state index contributed by atoms with van der Waals surface area (Å²) in [5, 5.41) is 3.64. The van der Waals surface area contributed by atoms with Crippen LogP contribution in [0, 0.1) is 11.3 Å². The van der Waals surface area contributed by atoms with Gasteiger partial charge in [0.2, 0.25) is 0 Å². The summed E-state index contributed by atoms with van der Waals surface area (Å²) in [6, 6.07) is 0. The number of methoxy groups -OCH3 is 1. The summed E-state index contributed by atoms with van der Waals surface area (Å²) in [5.41, 5.74) is 0.233. The molecule has 1 aliphatic carbocycles. The van der Waals surface area contributed by atoms with Crippen LogP contribution in [0.1, 0.15) is 59.8 Å². The van der Waals surface area contributed by atoms with Crippen molar-refractivity contribution in [2.75, 3.05) is 13.7 Å². The number of hydrogen-bond donors (Lipinski definition) is 1. The van der Waals surface area contributed by atoms with Crippen LogP contribution in [0.25, 0.3) is 0 Å². The van der Waals surface area contributed by atoms with Gasteiger partial charge in [0.15, 0.2) is 0 Å². The first-order valence-electron chi connectivity index (χ1n) is 7.14. The number of esters is 1. The molecule has 2 unspecified atom stereocenters. The van der Waals surface area contributed by atoms with Crippen LogP contribution in [-0.2, 0) is 9.53 Å². The third-order valence-electron chi connectivity index (χ3n) is 3.92. The van der Waals surface area contributed by atoms with Gasteiger partial charge in [0, 0.05) is 5.54 Å². The van der Waals surface area contributed by atoms with Crippen LogP contribution >= 0.6 is 0 Å². The summed E-state index contributed by atoms with van der Waals surface area (Å²) < 4.78 is 4.88. The zero-order valence-electron chi connectivity index (χ0n) is 12.6. The minimum atomic E-state index is -0.0940. The monoisotopic (exact) mass is 255 g/mol. The molecular weight excluding hydrogens is 226 g/mol. The molecular formula is C15H29NO2. The fourth-order valence-corrected chi connectivity index (χ4v) is 3.81. The van der Waals surface area contributed by atoms with E-state index in [1.54, 1.807) is 0 Å². The topological polar surface area (TPSA) is 38.3 Å². The average molecular weight is 255 g/mol. The van der Waals surface area contributed by atoms with Crippen LogP contribution in [0.15, 0.2) is 0 Å². The van der Waals surface area contributed by atoms with E-state index in [2.05, 4.69) is 33.0 Å². The van der Waals surface area contributed by atoms with Crippen LogP contribution in [-0.4, -0.2) is 25.2 Å². The molecule has 1 aliphatic rings. The molecule has 18 heavy (non-hydrogen) atoms. The van der Waals surface area contributed by atoms with E-state index in [4.69, 9.17) is 4.74 Å². The third kappa shape index (κ3) is 4.27. The van der Waals surface area contributed by atoms with Gasteiger partial charge >= 0.3 is 5.97 Å². The summed E-state index contributed by atoms with van der Waals surface area (Å²) in [4.78, 5) is 11.7. The van der Waals surface area contributed by atoms with Crippen molar-refractivity contribution in [1.29, 1.82) is 0 Å². The predicted octanol–water partition coefficient (Wildman–Crippen LogP) is 3.13. The Kier molecular flexibility index (Phi) is 5.20. The highest BCUT2D eigenvalue weighted by Crippen LogP contribution is 2.45. The maximum absolute atomic E-state index is 11.7. The van der Waals surface area contributed by atoms with Crippen molar-refractivity contribution in [3.05, 3.63) is 0 Å². The lowest BCUT2D eigenvalue weighted by atomic mass is 9.63. The fourth-order valence-electron chi connectivity index (χ4n) is 3.81. The van der Waals surface area contributed by atoms with Crippen molar-refractivity contribution >= 4 is 5.97 Å². The van der Waals surface area contributed by atoms with Gasteiger partial charge in [-0.3, -0.25) is 4.79 Å². The van der Waals surface area contributed by atoms with E-state index < -0.39 is 0 Å². The molecule has 0 aromatic carbocycles. The Morgan fingerprint density at radius 1 is 1.39 bits per heavy atom. The molecule has 3 heteroatoms. The smallest absolute Gasteiger partial charge is 0.307 e. The normalized spacial score (nSPS) is 31.1. The SMILES string of the molecule is CCCNC1(CC(=O)OC)CC(C)CC(C)(C)C1. The first-order valence-corrected chi connectivity index (χ1v) is 7.14. The van der Waals surface area contributed by atoms with Gasteiger partial charge in [-0.2, -0.15) is 0 Å². The lowest BCUT2D eigenvalue weighted by molar-refractivity contribution is -0.143. The maximum atomic E-state index is 11.7. The molecule has 0 bridgehead atoms. The second-order valence-corrected chi connectivity index (χ2v) is 6.81. The van der Waals surface area contributed by atoms with E-state index in [0.29, 0.717) is 17.8 Å². The number of nitrogens with one attached hydrogen (secondary N) is 1. The molecule has 106 valence electrons. The number of carbonyl (C=O) groups excluding carboxylic acids is 1. The third-order valence-corrected chi connectivity index (χ3v) is 3.92. The summed E-state index contributed by atoms with van der Waals surface area (Å²) in [6.07, 6.45) is 4.96. The predicted molar refractivity (Wildman–Crippen MR) is 74.5 cm³/mol. The molecule has 0 aromatic rings. The minimum Gasteiger partial charge on any atom is -0.469 e. The Bertz CT molecular complexity index is 288. The Balaban J connectivity index is 2.84. The van der Waals surface area contributed by atoms with Crippen molar-refractivity contribution in [2.45, 2.75) is 65.3 Å². The number of ether oxygens (including phenoxy) is 1. The second-order valence-electron chi connectivity index (χ2n) is 6.81. The highest BCUT2D eigenvalue weighted by atomic mass is 16.5. The molecule has 0 heterocycles. The van der Waals surface area contributed by atoms with Gasteiger partial charge < -0.3 is 10.1 Å². The van der Waals surface area contributed by atoms with Crippen LogP contribution in [0.3, 0.4) is 0 Å². The Hall–Kier alpha value is -0.570. The van der Waals surface area contributed by atoms with Crippen LogP contribution < -0.4 is 5.32 Å². The number of hydrogen-bond acceptors (Lipinski definition) is 3. The zero-order valence-corrected chi connectivity index (χ0v) is 12.6. The Labute approximate surface area is 112 Å². The molecule has 0 aliphatic heterocycles. The largest absolute Gasteiger partial charge is 0.469 e. The zero-order chi connectivity index (χ0) is 13.8. The lowest BCUT2D eigenvalue weighted by Gasteiger charge is -2.48. The molecule has 1 N–H and O–H groups in total. The molecule has 0 saturated heterocycles. The first-order chi connectivity index (χ1) is 8.32. The summed E-state index contributed by atoms with van der Waals surface area (Å²) in [5.74, 6) is 0.561. The van der Waals surface area contributed by atoms with E-state index in [-0.39, 0.29) is 11.5 Å². The quantitative estimate of drug-likeness (QED) is 0.767. The summed E-state index contributed by atoms with van der Waals surface area (Å²) in [7, 11) is 1.48. The van der Waals surface area contributed by atoms with Gasteiger partial charge in [-0.1, -0.05) is 27.7 Å². The van der Waals surface area contributed by atoms with E-state index in [1.165, 1.54) is 13.5 Å².